The fourth-order valence-corrected chi connectivity index (χ4v) is 1.95. The molecule has 2 aromatic rings. The van der Waals surface area contributed by atoms with E-state index >= 15 is 0 Å². The van der Waals surface area contributed by atoms with Crippen LogP contribution in [0.25, 0.3) is 0 Å². The number of nitrogens with zero attached hydrogens (tertiary/aromatic N) is 5. The van der Waals surface area contributed by atoms with Crippen molar-refractivity contribution < 1.29 is 19.4 Å². The molecule has 0 aromatic carbocycles. The summed E-state index contributed by atoms with van der Waals surface area (Å²) in [5.41, 5.74) is -0.103. The lowest BCUT2D eigenvalue weighted by Crippen LogP contribution is -2.44. The van der Waals surface area contributed by atoms with Crippen LogP contribution in [-0.4, -0.2) is 54.2 Å². The van der Waals surface area contributed by atoms with E-state index < -0.39 is 23.7 Å². The number of anilines is 2. The number of aromatic nitrogens is 5. The number of rotatable bonds is 6. The third-order valence-corrected chi connectivity index (χ3v) is 3.07. The molecule has 0 fully saturated rings. The summed E-state index contributed by atoms with van der Waals surface area (Å²) in [7, 11) is 0. The van der Waals surface area contributed by atoms with Crippen molar-refractivity contribution in [3.05, 3.63) is 29.7 Å². The van der Waals surface area contributed by atoms with Crippen molar-refractivity contribution in [1.82, 2.24) is 30.7 Å². The topological polar surface area (TPSA) is 152 Å². The number of nitrogens with one attached hydrogen (secondary N) is 2. The Morgan fingerprint density at radius 3 is 2.37 bits per heavy atom. The smallest absolute Gasteiger partial charge is 0.408 e. The van der Waals surface area contributed by atoms with Crippen LogP contribution in [0.15, 0.2) is 18.3 Å². The normalized spacial score (nSPS) is 12.1. The van der Waals surface area contributed by atoms with E-state index in [2.05, 4.69) is 36.0 Å². The van der Waals surface area contributed by atoms with E-state index in [4.69, 9.17) is 4.74 Å². The highest BCUT2D eigenvalue weighted by Gasteiger charge is 2.24. The number of carbonyl (C=O) groups excluding carboxylic acids is 1. The Morgan fingerprint density at radius 1 is 1.19 bits per heavy atom. The Balaban J connectivity index is 1.98. The lowest BCUT2D eigenvalue weighted by atomic mass is 10.1. The molecule has 0 saturated heterocycles. The highest BCUT2D eigenvalue weighted by Crippen LogP contribution is 2.12. The van der Waals surface area contributed by atoms with E-state index in [0.29, 0.717) is 17.2 Å². The molecule has 0 aliphatic rings. The number of hydrogen-bond acceptors (Lipinski definition) is 9. The van der Waals surface area contributed by atoms with Gasteiger partial charge in [0, 0.05) is 12.6 Å². The van der Waals surface area contributed by atoms with E-state index in [1.165, 1.54) is 6.20 Å². The first-order valence-corrected chi connectivity index (χ1v) is 8.10. The first kappa shape index (κ1) is 19.9. The molecular weight excluding hydrogens is 354 g/mol. The Kier molecular flexibility index (Phi) is 6.16. The zero-order chi connectivity index (χ0) is 20.0. The molecule has 1 amide bonds. The number of carboxylic acid groups (broad SMARTS) is 1. The van der Waals surface area contributed by atoms with Gasteiger partial charge in [-0.1, -0.05) is 6.07 Å². The van der Waals surface area contributed by atoms with Gasteiger partial charge >= 0.3 is 12.1 Å². The summed E-state index contributed by atoms with van der Waals surface area (Å²) < 4.78 is 5.09. The minimum absolute atomic E-state index is 0.0476. The maximum atomic E-state index is 11.8. The van der Waals surface area contributed by atoms with E-state index in [9.17, 15) is 14.7 Å². The molecule has 0 radical (unpaired) electrons. The summed E-state index contributed by atoms with van der Waals surface area (Å²) in [4.78, 5) is 27.4. The van der Waals surface area contributed by atoms with Gasteiger partial charge in [-0.25, -0.2) is 14.6 Å². The van der Waals surface area contributed by atoms with Gasteiger partial charge in [0.2, 0.25) is 0 Å². The highest BCUT2D eigenvalue weighted by atomic mass is 16.6. The largest absolute Gasteiger partial charge is 0.480 e. The van der Waals surface area contributed by atoms with Crippen LogP contribution in [0.5, 0.6) is 0 Å². The molecule has 2 rings (SSSR count). The number of aliphatic carboxylic acids is 1. The number of aryl methyl sites for hydroxylation is 1. The summed E-state index contributed by atoms with van der Waals surface area (Å²) in [6.45, 7) is 6.75. The van der Waals surface area contributed by atoms with Gasteiger partial charge in [-0.15, -0.1) is 20.4 Å². The lowest BCUT2D eigenvalue weighted by molar-refractivity contribution is -0.139. The van der Waals surface area contributed by atoms with Gasteiger partial charge in [0.25, 0.3) is 5.95 Å². The second-order valence-corrected chi connectivity index (χ2v) is 6.69. The van der Waals surface area contributed by atoms with Gasteiger partial charge in [0.15, 0.2) is 5.82 Å². The monoisotopic (exact) mass is 375 g/mol. The predicted octanol–water partition coefficient (Wildman–Crippen LogP) is 1.23. The van der Waals surface area contributed by atoms with Gasteiger partial charge in [-0.05, 0) is 39.3 Å². The number of carbonyl (C=O) groups is 2. The van der Waals surface area contributed by atoms with Crippen LogP contribution in [0.4, 0.5) is 16.6 Å². The summed E-state index contributed by atoms with van der Waals surface area (Å²) in [6.07, 6.45) is 0.744. The Hall–Kier alpha value is -3.37. The van der Waals surface area contributed by atoms with Crippen LogP contribution in [0, 0.1) is 6.92 Å². The van der Waals surface area contributed by atoms with Crippen molar-refractivity contribution in [2.24, 2.45) is 0 Å². The van der Waals surface area contributed by atoms with E-state index in [0.717, 1.165) is 0 Å². The van der Waals surface area contributed by atoms with Crippen LogP contribution < -0.4 is 10.6 Å². The molecule has 11 heteroatoms. The van der Waals surface area contributed by atoms with Crippen LogP contribution >= 0.6 is 0 Å². The summed E-state index contributed by atoms with van der Waals surface area (Å²) in [5.74, 6) is -0.0941. The Bertz CT molecular complexity index is 788. The summed E-state index contributed by atoms with van der Waals surface area (Å²) in [5, 5.41) is 29.7. The Morgan fingerprint density at radius 2 is 1.85 bits per heavy atom. The molecule has 11 nitrogen and oxygen atoms in total. The standard InChI is InChI=1S/C16H21N7O4/c1-9-20-22-14(23-21-9)19-12-6-5-10(8-17-12)7-11(13(24)25)18-15(26)27-16(2,3)4/h5-6,8,11H,7H2,1-4H3,(H,18,26)(H,24,25)(H,17,19,22,23)/t11-/m0/s1. The fraction of sp³-hybridized carbons (Fsp3) is 0.438. The van der Waals surface area contributed by atoms with Gasteiger partial charge in [-0.2, -0.15) is 0 Å². The molecule has 0 saturated carbocycles. The fourth-order valence-electron chi connectivity index (χ4n) is 1.95. The molecular formula is C16H21N7O4. The van der Waals surface area contributed by atoms with Crippen molar-refractivity contribution in [1.29, 1.82) is 0 Å². The molecule has 0 bridgehead atoms. The number of hydrogen-bond donors (Lipinski definition) is 3. The molecule has 0 spiro atoms. The van der Waals surface area contributed by atoms with E-state index in [-0.39, 0.29) is 12.4 Å². The first-order chi connectivity index (χ1) is 12.6. The average molecular weight is 375 g/mol. The SMILES string of the molecule is Cc1nnc(Nc2ccc(C[C@H](NC(=O)OC(C)(C)C)C(=O)O)cn2)nn1. The highest BCUT2D eigenvalue weighted by molar-refractivity contribution is 5.80. The molecule has 1 atom stereocenters. The van der Waals surface area contributed by atoms with E-state index in [1.807, 2.05) is 0 Å². The van der Waals surface area contributed by atoms with Gasteiger partial charge in [0.05, 0.1) is 0 Å². The Labute approximate surface area is 155 Å². The summed E-state index contributed by atoms with van der Waals surface area (Å²) >= 11 is 0. The number of pyridine rings is 1. The van der Waals surface area contributed by atoms with Crippen molar-refractivity contribution in [2.45, 2.75) is 45.8 Å². The molecule has 27 heavy (non-hydrogen) atoms. The minimum Gasteiger partial charge on any atom is -0.480 e. The molecule has 3 N–H and O–H groups in total. The van der Waals surface area contributed by atoms with E-state index in [1.54, 1.807) is 39.8 Å². The molecule has 0 unspecified atom stereocenters. The van der Waals surface area contributed by atoms with Crippen molar-refractivity contribution >= 4 is 23.8 Å². The number of alkyl carbamates (subject to hydrolysis) is 1. The quantitative estimate of drug-likeness (QED) is 0.672. The van der Waals surface area contributed by atoms with Crippen molar-refractivity contribution in [3.63, 3.8) is 0 Å². The molecule has 0 aliphatic carbocycles. The summed E-state index contributed by atoms with van der Waals surface area (Å²) in [6, 6.07) is 2.16. The third kappa shape index (κ3) is 6.80. The molecule has 144 valence electrons. The third-order valence-electron chi connectivity index (χ3n) is 3.07. The maximum Gasteiger partial charge on any atom is 0.408 e. The zero-order valence-corrected chi connectivity index (χ0v) is 15.4. The number of ether oxygens (including phenoxy) is 1. The second-order valence-electron chi connectivity index (χ2n) is 6.69. The molecule has 2 heterocycles. The number of amides is 1. The lowest BCUT2D eigenvalue weighted by Gasteiger charge is -2.22. The first-order valence-electron chi connectivity index (χ1n) is 8.10. The van der Waals surface area contributed by atoms with Gasteiger partial charge < -0.3 is 20.5 Å². The van der Waals surface area contributed by atoms with Gasteiger partial charge in [-0.3, -0.25) is 0 Å². The van der Waals surface area contributed by atoms with Gasteiger partial charge in [0.1, 0.15) is 17.5 Å². The van der Waals surface area contributed by atoms with Crippen molar-refractivity contribution in [3.8, 4) is 0 Å². The van der Waals surface area contributed by atoms with Crippen LogP contribution in [0.1, 0.15) is 32.2 Å². The van der Waals surface area contributed by atoms with Crippen LogP contribution in [0.2, 0.25) is 0 Å². The predicted molar refractivity (Wildman–Crippen MR) is 94.4 cm³/mol. The second kappa shape index (κ2) is 8.34. The van der Waals surface area contributed by atoms with Crippen LogP contribution in [-0.2, 0) is 16.0 Å². The average Bonchev–Trinajstić information content (AvgIpc) is 2.56. The maximum absolute atomic E-state index is 11.8. The molecule has 2 aromatic heterocycles. The van der Waals surface area contributed by atoms with Crippen molar-refractivity contribution in [2.75, 3.05) is 5.32 Å². The number of carboxylic acids is 1. The molecule has 0 aliphatic heterocycles. The zero-order valence-electron chi connectivity index (χ0n) is 15.4. The minimum atomic E-state index is -1.17. The van der Waals surface area contributed by atoms with Crippen LogP contribution in [0.3, 0.4) is 0 Å².